The molecule has 2 aromatic carbocycles. The molecule has 0 aliphatic carbocycles. The van der Waals surface area contributed by atoms with Gasteiger partial charge in [0, 0.05) is 59.6 Å². The second-order valence-corrected chi connectivity index (χ2v) is 14.8. The largest absolute Gasteiger partial charge is 0.760 e. The number of benzene rings is 2. The summed E-state index contributed by atoms with van der Waals surface area (Å²) in [6.45, 7) is 6.79. The summed E-state index contributed by atoms with van der Waals surface area (Å²) >= 11 is -4.14. The molecule has 0 saturated carbocycles. The summed E-state index contributed by atoms with van der Waals surface area (Å²) in [6, 6.07) is 6.76. The summed E-state index contributed by atoms with van der Waals surface area (Å²) in [5, 5.41) is 0. The standard InChI is InChI=1S/C26H31F2N3O6S3/c1-16(30-38(33)26(2,3)4)20-13-25(32)31(5)15-22(20)21-12-17(10-11-29-39(34)35)23(28)14-24(21)40(36,37)19-8-6-18(27)7-9-19/h6-9,12-16,29-30H,10-11H2,1-5H3,(H,34,35)/p-1. The summed E-state index contributed by atoms with van der Waals surface area (Å²) in [5.74, 6) is -1.55. The molecule has 1 heterocycles. The molecular weight excluding hydrogens is 584 g/mol. The third kappa shape index (κ3) is 7.43. The molecule has 3 unspecified atom stereocenters. The molecule has 0 radical (unpaired) electrons. The number of aryl methyl sites for hydroxylation is 1. The van der Waals surface area contributed by atoms with E-state index in [2.05, 4.69) is 9.44 Å². The monoisotopic (exact) mass is 614 g/mol. The van der Waals surface area contributed by atoms with Crippen molar-refractivity contribution in [1.82, 2.24) is 14.0 Å². The van der Waals surface area contributed by atoms with Crippen LogP contribution in [-0.2, 0) is 45.9 Å². The van der Waals surface area contributed by atoms with Crippen molar-refractivity contribution in [1.29, 1.82) is 0 Å². The molecule has 3 rings (SSSR count). The molecule has 0 aliphatic rings. The maximum Gasteiger partial charge on any atom is 0.250 e. The van der Waals surface area contributed by atoms with Gasteiger partial charge in [-0.3, -0.25) is 9.00 Å². The summed E-state index contributed by atoms with van der Waals surface area (Å²) in [5.41, 5.74) is 0.193. The van der Waals surface area contributed by atoms with Crippen LogP contribution in [0.3, 0.4) is 0 Å². The lowest BCUT2D eigenvalue weighted by molar-refractivity contribution is 0.522. The quantitative estimate of drug-likeness (QED) is 0.203. The van der Waals surface area contributed by atoms with Gasteiger partial charge < -0.3 is 13.7 Å². The highest BCUT2D eigenvalue weighted by Crippen LogP contribution is 2.37. The minimum atomic E-state index is -4.41. The molecule has 0 bridgehead atoms. The lowest BCUT2D eigenvalue weighted by Crippen LogP contribution is -2.41. The zero-order valence-electron chi connectivity index (χ0n) is 22.5. The van der Waals surface area contributed by atoms with Crippen LogP contribution in [0.5, 0.6) is 0 Å². The first-order chi connectivity index (χ1) is 18.5. The fourth-order valence-corrected chi connectivity index (χ4v) is 6.40. The van der Waals surface area contributed by atoms with Crippen LogP contribution >= 0.6 is 0 Å². The van der Waals surface area contributed by atoms with Crippen molar-refractivity contribution in [3.8, 4) is 11.1 Å². The number of sulfone groups is 1. The van der Waals surface area contributed by atoms with E-state index >= 15 is 4.39 Å². The minimum absolute atomic E-state index is 0.0182. The van der Waals surface area contributed by atoms with Crippen molar-refractivity contribution in [2.24, 2.45) is 7.05 Å². The molecule has 0 aliphatic heterocycles. The normalized spacial score (nSPS) is 14.6. The SMILES string of the molecule is CC(N[S+]([O-])C(C)(C)C)c1cc(=O)n(C)cc1-c1cc(CCNS(=O)[O-])c(F)cc1S(=O)(=O)c1ccc(F)cc1. The van der Waals surface area contributed by atoms with Crippen molar-refractivity contribution in [3.05, 3.63) is 81.8 Å². The van der Waals surface area contributed by atoms with Crippen LogP contribution in [0.2, 0.25) is 0 Å². The number of hydrogen-bond donors (Lipinski definition) is 2. The Labute approximate surface area is 237 Å². The van der Waals surface area contributed by atoms with Crippen LogP contribution in [-0.4, -0.2) is 37.6 Å². The average molecular weight is 615 g/mol. The fraction of sp³-hybridized carbons (Fsp3) is 0.346. The van der Waals surface area contributed by atoms with Gasteiger partial charge >= 0.3 is 0 Å². The molecule has 2 N–H and O–H groups in total. The Hall–Kier alpha value is -2.46. The van der Waals surface area contributed by atoms with Crippen molar-refractivity contribution >= 4 is 32.5 Å². The van der Waals surface area contributed by atoms with Crippen molar-refractivity contribution in [2.45, 2.75) is 54.7 Å². The summed E-state index contributed by atoms with van der Waals surface area (Å²) in [4.78, 5) is 11.9. The van der Waals surface area contributed by atoms with Crippen molar-refractivity contribution in [2.75, 3.05) is 6.54 Å². The van der Waals surface area contributed by atoms with E-state index in [1.54, 1.807) is 27.7 Å². The number of pyridine rings is 1. The van der Waals surface area contributed by atoms with E-state index < -0.39 is 65.3 Å². The van der Waals surface area contributed by atoms with Crippen molar-refractivity contribution in [3.63, 3.8) is 0 Å². The Morgan fingerprint density at radius 2 is 1.73 bits per heavy atom. The first-order valence-corrected chi connectivity index (χ1v) is 15.8. The van der Waals surface area contributed by atoms with E-state index in [-0.39, 0.29) is 34.6 Å². The van der Waals surface area contributed by atoms with E-state index in [0.717, 1.165) is 30.3 Å². The van der Waals surface area contributed by atoms with Crippen LogP contribution in [0.1, 0.15) is 44.9 Å². The van der Waals surface area contributed by atoms with Gasteiger partial charge in [-0.05, 0) is 81.6 Å². The third-order valence-electron chi connectivity index (χ3n) is 6.03. The Balaban J connectivity index is 2.31. The maximum atomic E-state index is 15.3. The Bertz CT molecular complexity index is 1570. The highest BCUT2D eigenvalue weighted by molar-refractivity contribution is 7.91. The van der Waals surface area contributed by atoms with Gasteiger partial charge in [0.05, 0.1) is 15.8 Å². The first-order valence-electron chi connectivity index (χ1n) is 12.1. The number of rotatable bonds is 10. The lowest BCUT2D eigenvalue weighted by atomic mass is 9.95. The highest BCUT2D eigenvalue weighted by atomic mass is 32.2. The predicted octanol–water partition coefficient (Wildman–Crippen LogP) is 3.20. The van der Waals surface area contributed by atoms with E-state index in [1.807, 2.05) is 0 Å². The van der Waals surface area contributed by atoms with E-state index in [1.165, 1.54) is 29.9 Å². The van der Waals surface area contributed by atoms with E-state index in [0.29, 0.717) is 5.56 Å². The topological polar surface area (TPSA) is 143 Å². The highest BCUT2D eigenvalue weighted by Gasteiger charge is 2.31. The van der Waals surface area contributed by atoms with Gasteiger partial charge in [0.15, 0.2) is 0 Å². The molecule has 9 nitrogen and oxygen atoms in total. The molecule has 0 saturated heterocycles. The third-order valence-corrected chi connectivity index (χ3v) is 9.96. The number of nitrogens with one attached hydrogen (secondary N) is 2. The molecular formula is C26H30F2N3O6S3-. The second-order valence-electron chi connectivity index (χ2n) is 10.1. The lowest BCUT2D eigenvalue weighted by Gasteiger charge is -2.27. The Kier molecular flexibility index (Phi) is 10.1. The smallest absolute Gasteiger partial charge is 0.250 e. The Morgan fingerprint density at radius 3 is 2.30 bits per heavy atom. The van der Waals surface area contributed by atoms with Gasteiger partial charge in [-0.15, -0.1) is 4.72 Å². The number of halogens is 2. The molecule has 40 heavy (non-hydrogen) atoms. The summed E-state index contributed by atoms with van der Waals surface area (Å²) in [7, 11) is -2.94. The van der Waals surface area contributed by atoms with Crippen LogP contribution in [0.25, 0.3) is 11.1 Å². The minimum Gasteiger partial charge on any atom is -0.760 e. The summed E-state index contributed by atoms with van der Waals surface area (Å²) < 4.78 is 96.6. The Morgan fingerprint density at radius 1 is 1.10 bits per heavy atom. The molecule has 0 amide bonds. The fourth-order valence-electron chi connectivity index (χ4n) is 3.86. The van der Waals surface area contributed by atoms with Crippen LogP contribution in [0.15, 0.2) is 63.2 Å². The molecule has 14 heteroatoms. The predicted molar refractivity (Wildman–Crippen MR) is 149 cm³/mol. The molecule has 218 valence electrons. The molecule has 1 aromatic heterocycles. The summed E-state index contributed by atoms with van der Waals surface area (Å²) in [6.07, 6.45) is 1.30. The van der Waals surface area contributed by atoms with Crippen molar-refractivity contribution < 1.29 is 30.5 Å². The first kappa shape index (κ1) is 32.1. The maximum absolute atomic E-state index is 15.3. The number of aromatic nitrogens is 1. The van der Waals surface area contributed by atoms with Crippen LogP contribution in [0.4, 0.5) is 8.78 Å². The molecule has 0 spiro atoms. The molecule has 0 fully saturated rings. The number of hydrogen-bond acceptors (Lipinski definition) is 7. The van der Waals surface area contributed by atoms with E-state index in [4.69, 9.17) is 0 Å². The van der Waals surface area contributed by atoms with Gasteiger partial charge in [-0.2, -0.15) is 0 Å². The van der Waals surface area contributed by atoms with Crippen LogP contribution < -0.4 is 15.0 Å². The average Bonchev–Trinajstić information content (AvgIpc) is 2.85. The zero-order chi connectivity index (χ0) is 30.0. The van der Waals surface area contributed by atoms with Gasteiger partial charge in [0.2, 0.25) is 9.84 Å². The van der Waals surface area contributed by atoms with E-state index in [9.17, 15) is 30.9 Å². The van der Waals surface area contributed by atoms with Gasteiger partial charge in [-0.1, -0.05) is 0 Å². The molecule has 3 atom stereocenters. The molecule has 3 aromatic rings. The van der Waals surface area contributed by atoms with Gasteiger partial charge in [0.25, 0.3) is 5.56 Å². The number of nitrogens with zero attached hydrogens (tertiary/aromatic N) is 1. The van der Waals surface area contributed by atoms with Crippen LogP contribution in [0, 0.1) is 11.6 Å². The van der Waals surface area contributed by atoms with Gasteiger partial charge in [0.1, 0.15) is 16.4 Å². The zero-order valence-corrected chi connectivity index (χ0v) is 24.9. The van der Waals surface area contributed by atoms with Gasteiger partial charge in [-0.25, -0.2) is 21.9 Å². The second kappa shape index (κ2) is 12.6.